The number of nitrogens with two attached hydrogens (primary N) is 2. The van der Waals surface area contributed by atoms with Crippen molar-refractivity contribution in [3.8, 4) is 5.75 Å². The molecule has 8 nitrogen and oxygen atoms in total. The molecule has 27 heavy (non-hydrogen) atoms. The number of methoxy groups -OCH3 is 1. The molecule has 2 atom stereocenters. The Morgan fingerprint density at radius 3 is 2.56 bits per heavy atom. The highest BCUT2D eigenvalue weighted by Crippen LogP contribution is 2.43. The average Bonchev–Trinajstić information content (AvgIpc) is 3.41. The van der Waals surface area contributed by atoms with E-state index in [1.165, 1.54) is 16.6 Å². The van der Waals surface area contributed by atoms with Gasteiger partial charge in [-0.25, -0.2) is 13.6 Å². The van der Waals surface area contributed by atoms with Gasteiger partial charge in [0, 0.05) is 25.0 Å². The molecule has 1 saturated carbocycles. The van der Waals surface area contributed by atoms with Gasteiger partial charge in [0.25, 0.3) is 5.56 Å². The molecule has 4 rings (SSSR count). The minimum absolute atomic E-state index is 0.0339. The maximum absolute atomic E-state index is 15.0. The lowest BCUT2D eigenvalue weighted by atomic mass is 10.1. The van der Waals surface area contributed by atoms with E-state index in [0.717, 1.165) is 18.9 Å². The van der Waals surface area contributed by atoms with E-state index in [1.54, 1.807) is 0 Å². The number of nitrogens with zero attached hydrogens (tertiary/aromatic N) is 3. The lowest BCUT2D eigenvalue weighted by Gasteiger charge is -2.24. The molecule has 1 saturated heterocycles. The van der Waals surface area contributed by atoms with Crippen molar-refractivity contribution in [2.24, 2.45) is 11.7 Å². The van der Waals surface area contributed by atoms with Crippen LogP contribution in [0.25, 0.3) is 10.9 Å². The lowest BCUT2D eigenvalue weighted by molar-refractivity contribution is 0.289. The van der Waals surface area contributed by atoms with Crippen LogP contribution in [0.1, 0.15) is 18.9 Å². The molecule has 10 heteroatoms. The highest BCUT2D eigenvalue weighted by atomic mass is 19.1. The van der Waals surface area contributed by atoms with E-state index in [1.807, 2.05) is 0 Å². The van der Waals surface area contributed by atoms with E-state index in [0.29, 0.717) is 4.68 Å². The van der Waals surface area contributed by atoms with Crippen LogP contribution in [0.3, 0.4) is 0 Å². The molecular weight excluding hydrogens is 360 g/mol. The molecule has 4 N–H and O–H groups in total. The first kappa shape index (κ1) is 17.8. The molecule has 1 aromatic heterocycles. The van der Waals surface area contributed by atoms with E-state index in [2.05, 4.69) is 0 Å². The Balaban J connectivity index is 2.03. The second-order valence-corrected chi connectivity index (χ2v) is 7.11. The zero-order chi connectivity index (χ0) is 19.5. The zero-order valence-corrected chi connectivity index (χ0v) is 14.8. The van der Waals surface area contributed by atoms with Crippen molar-refractivity contribution in [3.05, 3.63) is 32.7 Å². The van der Waals surface area contributed by atoms with E-state index in [4.69, 9.17) is 16.3 Å². The Labute approximate surface area is 152 Å². The van der Waals surface area contributed by atoms with Gasteiger partial charge in [0.1, 0.15) is 17.4 Å². The third-order valence-corrected chi connectivity index (χ3v) is 5.38. The van der Waals surface area contributed by atoms with E-state index < -0.39 is 29.2 Å². The van der Waals surface area contributed by atoms with Crippen molar-refractivity contribution in [2.75, 3.05) is 37.5 Å². The number of benzene rings is 1. The van der Waals surface area contributed by atoms with Crippen LogP contribution in [-0.2, 0) is 0 Å². The molecule has 2 fully saturated rings. The van der Waals surface area contributed by atoms with Gasteiger partial charge in [-0.15, -0.1) is 0 Å². The summed E-state index contributed by atoms with van der Waals surface area (Å²) in [5, 5.41) is -0.0477. The zero-order valence-electron chi connectivity index (χ0n) is 14.8. The fourth-order valence-corrected chi connectivity index (χ4v) is 3.83. The third-order valence-electron chi connectivity index (χ3n) is 5.38. The van der Waals surface area contributed by atoms with Crippen LogP contribution in [-0.4, -0.2) is 42.2 Å². The molecule has 2 aromatic rings. The van der Waals surface area contributed by atoms with Gasteiger partial charge in [-0.05, 0) is 25.5 Å². The number of nitrogen functional groups attached to an aromatic ring is 1. The fraction of sp³-hybridized carbons (Fsp3) is 0.529. The minimum atomic E-state index is -1.20. The molecule has 0 bridgehead atoms. The predicted molar refractivity (Wildman–Crippen MR) is 97.1 cm³/mol. The van der Waals surface area contributed by atoms with Crippen LogP contribution in [0.4, 0.5) is 14.5 Å². The topological polar surface area (TPSA) is 109 Å². The summed E-state index contributed by atoms with van der Waals surface area (Å²) in [7, 11) is 1.33. The summed E-state index contributed by atoms with van der Waals surface area (Å²) in [6.45, 7) is 0.320. The van der Waals surface area contributed by atoms with Crippen molar-refractivity contribution in [1.82, 2.24) is 9.24 Å². The first-order valence-electron chi connectivity index (χ1n) is 8.80. The van der Waals surface area contributed by atoms with Crippen molar-refractivity contribution < 1.29 is 13.5 Å². The maximum Gasteiger partial charge on any atom is 0.350 e. The van der Waals surface area contributed by atoms with Crippen LogP contribution < -0.4 is 32.5 Å². The predicted octanol–water partition coefficient (Wildman–Crippen LogP) is 0.0926. The molecule has 2 heterocycles. The van der Waals surface area contributed by atoms with Gasteiger partial charge in [-0.1, -0.05) is 0 Å². The number of ether oxygens (including phenoxy) is 1. The highest BCUT2D eigenvalue weighted by molar-refractivity contribution is 5.91. The Hall–Kier alpha value is -2.62. The Morgan fingerprint density at radius 1 is 1.30 bits per heavy atom. The molecule has 0 amide bonds. The number of rotatable bonds is 4. The summed E-state index contributed by atoms with van der Waals surface area (Å²) >= 11 is 0. The summed E-state index contributed by atoms with van der Waals surface area (Å²) in [4.78, 5) is 26.6. The number of hydrogen-bond acceptors (Lipinski definition) is 6. The molecule has 1 aliphatic heterocycles. The van der Waals surface area contributed by atoms with Gasteiger partial charge in [0.05, 0.1) is 12.5 Å². The molecule has 0 spiro atoms. The van der Waals surface area contributed by atoms with Gasteiger partial charge in [0.15, 0.2) is 11.6 Å². The summed E-state index contributed by atoms with van der Waals surface area (Å²) in [6.07, 6.45) is 0.292. The minimum Gasteiger partial charge on any atom is -0.492 e. The first-order valence-corrected chi connectivity index (χ1v) is 8.80. The molecule has 1 aliphatic carbocycles. The van der Waals surface area contributed by atoms with Crippen molar-refractivity contribution in [1.29, 1.82) is 0 Å². The van der Waals surface area contributed by atoms with Crippen molar-refractivity contribution in [3.63, 3.8) is 0 Å². The highest BCUT2D eigenvalue weighted by Gasteiger charge is 2.37. The van der Waals surface area contributed by atoms with Crippen LogP contribution in [0.5, 0.6) is 5.75 Å². The van der Waals surface area contributed by atoms with Gasteiger partial charge in [0.2, 0.25) is 0 Å². The Kier molecular flexibility index (Phi) is 4.10. The smallest absolute Gasteiger partial charge is 0.350 e. The van der Waals surface area contributed by atoms with E-state index in [-0.39, 0.29) is 48.0 Å². The molecule has 2 unspecified atom stereocenters. The fourth-order valence-electron chi connectivity index (χ4n) is 3.83. The number of hydrogen-bond donors (Lipinski definition) is 2. The largest absolute Gasteiger partial charge is 0.492 e. The van der Waals surface area contributed by atoms with Crippen LogP contribution in [0, 0.1) is 11.7 Å². The van der Waals surface area contributed by atoms with Gasteiger partial charge >= 0.3 is 5.69 Å². The summed E-state index contributed by atoms with van der Waals surface area (Å²) in [5.41, 5.74) is 4.34. The number of fused-ring (bicyclic) bond motifs is 1. The molecule has 2 aliphatic rings. The standard InChI is InChI=1S/C17H21F2N5O3/c1-27-15-13-10(16(25)24(21)17(26)23(13)9-2-3-9)4-11(18)14(15)22-6-8(5-20)12(19)7-22/h4,8-9,12H,2-3,5-7,20-21H2,1H3. The second kappa shape index (κ2) is 6.22. The number of aromatic nitrogens is 2. The molecule has 1 aromatic carbocycles. The third kappa shape index (κ3) is 2.58. The van der Waals surface area contributed by atoms with Crippen molar-refractivity contribution in [2.45, 2.75) is 25.1 Å². The van der Waals surface area contributed by atoms with Crippen LogP contribution >= 0.6 is 0 Å². The Morgan fingerprint density at radius 2 is 2.00 bits per heavy atom. The van der Waals surface area contributed by atoms with Crippen molar-refractivity contribution >= 4 is 16.6 Å². The van der Waals surface area contributed by atoms with Gasteiger partial charge < -0.3 is 21.2 Å². The number of anilines is 1. The molecule has 0 radical (unpaired) electrons. The quantitative estimate of drug-likeness (QED) is 0.727. The Bertz CT molecular complexity index is 1030. The maximum atomic E-state index is 15.0. The van der Waals surface area contributed by atoms with Gasteiger partial charge in [-0.2, -0.15) is 4.68 Å². The first-order chi connectivity index (χ1) is 12.9. The monoisotopic (exact) mass is 381 g/mol. The molecule has 146 valence electrons. The summed E-state index contributed by atoms with van der Waals surface area (Å²) in [6, 6.07) is 0.909. The van der Waals surface area contributed by atoms with E-state index >= 15 is 0 Å². The summed E-state index contributed by atoms with van der Waals surface area (Å²) < 4.78 is 36.5. The van der Waals surface area contributed by atoms with Crippen LogP contribution in [0.15, 0.2) is 15.7 Å². The number of alkyl halides is 1. The average molecular weight is 381 g/mol. The number of halogens is 2. The van der Waals surface area contributed by atoms with Crippen LogP contribution in [0.2, 0.25) is 0 Å². The summed E-state index contributed by atoms with van der Waals surface area (Å²) in [5.74, 6) is 4.49. The molecular formula is C17H21F2N5O3. The second-order valence-electron chi connectivity index (χ2n) is 7.11. The SMILES string of the molecule is COc1c(N2CC(F)C(CN)C2)c(F)cc2c(=O)n(N)c(=O)n(C3CC3)c12. The van der Waals surface area contributed by atoms with Gasteiger partial charge in [-0.3, -0.25) is 9.36 Å². The van der Waals surface area contributed by atoms with E-state index in [9.17, 15) is 18.4 Å². The normalized spacial score (nSPS) is 22.6. The lowest BCUT2D eigenvalue weighted by Crippen LogP contribution is -2.44.